The van der Waals surface area contributed by atoms with Crippen LogP contribution in [0.15, 0.2) is 12.1 Å². The fourth-order valence-corrected chi connectivity index (χ4v) is 3.05. The number of anilines is 1. The lowest BCUT2D eigenvalue weighted by molar-refractivity contribution is 0.171. The van der Waals surface area contributed by atoms with Gasteiger partial charge in [-0.15, -0.1) is 0 Å². The molecule has 0 radical (unpaired) electrons. The Kier molecular flexibility index (Phi) is 4.45. The maximum Gasteiger partial charge on any atom is 0.202 e. The van der Waals surface area contributed by atoms with Crippen molar-refractivity contribution in [1.29, 1.82) is 0 Å². The predicted octanol–water partition coefficient (Wildman–Crippen LogP) is 3.18. The van der Waals surface area contributed by atoms with Crippen LogP contribution in [-0.4, -0.2) is 29.1 Å². The number of nitrogens with one attached hydrogen (secondary N) is 1. The van der Waals surface area contributed by atoms with Crippen LogP contribution in [0.3, 0.4) is 0 Å². The second kappa shape index (κ2) is 6.49. The van der Waals surface area contributed by atoms with E-state index in [2.05, 4.69) is 14.7 Å². The molecule has 2 aromatic rings. The van der Waals surface area contributed by atoms with Crippen LogP contribution >= 0.6 is 23.1 Å². The Hall–Kier alpha value is -1.53. The van der Waals surface area contributed by atoms with E-state index >= 15 is 0 Å². The topological polar surface area (TPSA) is 56.3 Å². The Bertz CT molecular complexity index is 633. The van der Waals surface area contributed by atoms with Gasteiger partial charge < -0.3 is 14.8 Å². The van der Waals surface area contributed by atoms with Crippen LogP contribution in [0, 0.1) is 0 Å². The summed E-state index contributed by atoms with van der Waals surface area (Å²) < 4.78 is 15.3. The van der Waals surface area contributed by atoms with Gasteiger partial charge in [0.25, 0.3) is 0 Å². The van der Waals surface area contributed by atoms with E-state index in [9.17, 15) is 0 Å². The first-order valence-electron chi connectivity index (χ1n) is 6.90. The molecule has 0 aliphatic carbocycles. The number of benzene rings is 1. The Morgan fingerprint density at radius 1 is 1.33 bits per heavy atom. The summed E-state index contributed by atoms with van der Waals surface area (Å²) in [4.78, 5) is 4.37. The van der Waals surface area contributed by atoms with E-state index in [-0.39, 0.29) is 0 Å². The maximum atomic E-state index is 6.22. The first-order chi connectivity index (χ1) is 10.3. The molecule has 21 heavy (non-hydrogen) atoms. The molecule has 0 amide bonds. The third-order valence-electron chi connectivity index (χ3n) is 3.13. The minimum absolute atomic E-state index is 0.546. The number of fused-ring (bicyclic) bond motifs is 1. The molecule has 5 nitrogen and oxygen atoms in total. The molecular formula is C14H16ClN3O2S. The molecule has 1 N–H and O–H groups in total. The van der Waals surface area contributed by atoms with Crippen molar-refractivity contribution in [1.82, 2.24) is 9.36 Å². The molecule has 0 saturated heterocycles. The van der Waals surface area contributed by atoms with Crippen molar-refractivity contribution in [3.05, 3.63) is 28.5 Å². The lowest BCUT2D eigenvalue weighted by atomic mass is 10.1. The van der Waals surface area contributed by atoms with Gasteiger partial charge in [-0.05, 0) is 24.1 Å². The highest BCUT2D eigenvalue weighted by atomic mass is 35.5. The smallest absolute Gasteiger partial charge is 0.202 e. The van der Waals surface area contributed by atoms with Crippen molar-refractivity contribution in [3.63, 3.8) is 0 Å². The van der Waals surface area contributed by atoms with Crippen molar-refractivity contribution in [3.8, 4) is 11.5 Å². The van der Waals surface area contributed by atoms with Gasteiger partial charge in [0, 0.05) is 24.5 Å². The van der Waals surface area contributed by atoms with Gasteiger partial charge >= 0.3 is 0 Å². The average molecular weight is 326 g/mol. The van der Waals surface area contributed by atoms with Crippen molar-refractivity contribution in [2.24, 2.45) is 0 Å². The first-order valence-corrected chi connectivity index (χ1v) is 8.06. The van der Waals surface area contributed by atoms with Crippen LogP contribution in [0.25, 0.3) is 0 Å². The molecule has 0 fully saturated rings. The predicted molar refractivity (Wildman–Crippen MR) is 83.9 cm³/mol. The lowest BCUT2D eigenvalue weighted by Gasteiger charge is -2.20. The molecule has 1 aliphatic heterocycles. The van der Waals surface area contributed by atoms with Gasteiger partial charge in [-0.2, -0.15) is 4.37 Å². The van der Waals surface area contributed by atoms with Crippen LogP contribution in [0.5, 0.6) is 11.5 Å². The van der Waals surface area contributed by atoms with E-state index in [4.69, 9.17) is 21.1 Å². The van der Waals surface area contributed by atoms with Gasteiger partial charge in [0.1, 0.15) is 19.0 Å². The molecule has 1 aliphatic rings. The van der Waals surface area contributed by atoms with E-state index in [1.54, 1.807) is 0 Å². The van der Waals surface area contributed by atoms with Crippen LogP contribution in [0.2, 0.25) is 5.02 Å². The Morgan fingerprint density at radius 2 is 2.19 bits per heavy atom. The number of rotatable bonds is 5. The molecule has 112 valence electrons. The van der Waals surface area contributed by atoms with E-state index in [0.29, 0.717) is 24.0 Å². The minimum atomic E-state index is 0.546. The highest BCUT2D eigenvalue weighted by molar-refractivity contribution is 7.09. The number of nitrogens with zero attached hydrogens (tertiary/aromatic N) is 2. The SMILES string of the molecule is CCc1nsc(NCCc2cc(Cl)c3c(c2)OCCO3)n1. The molecule has 0 saturated carbocycles. The Labute approximate surface area is 132 Å². The van der Waals surface area contributed by atoms with Gasteiger partial charge in [0.2, 0.25) is 5.13 Å². The molecule has 2 heterocycles. The molecule has 1 aromatic carbocycles. The molecule has 0 atom stereocenters. The maximum absolute atomic E-state index is 6.22. The number of halogens is 1. The standard InChI is InChI=1S/C14H16ClN3O2S/c1-2-12-17-14(21-18-12)16-4-3-9-7-10(15)13-11(8-9)19-5-6-20-13/h7-8H,2-6H2,1H3,(H,16,17,18). The molecule has 3 rings (SSSR count). The Morgan fingerprint density at radius 3 is 3.00 bits per heavy atom. The van der Waals surface area contributed by atoms with E-state index in [1.165, 1.54) is 11.5 Å². The zero-order chi connectivity index (χ0) is 14.7. The summed E-state index contributed by atoms with van der Waals surface area (Å²) in [5.74, 6) is 2.26. The Balaban J connectivity index is 1.61. The normalized spacial score (nSPS) is 13.2. The summed E-state index contributed by atoms with van der Waals surface area (Å²) in [6.07, 6.45) is 1.69. The number of hydrogen-bond acceptors (Lipinski definition) is 6. The fourth-order valence-electron chi connectivity index (χ4n) is 2.09. The first kappa shape index (κ1) is 14.4. The summed E-state index contributed by atoms with van der Waals surface area (Å²) in [6, 6.07) is 3.91. The summed E-state index contributed by atoms with van der Waals surface area (Å²) >= 11 is 7.61. The number of hydrogen-bond donors (Lipinski definition) is 1. The lowest BCUT2D eigenvalue weighted by Crippen LogP contribution is -2.16. The average Bonchev–Trinajstić information content (AvgIpc) is 2.95. The van der Waals surface area contributed by atoms with Gasteiger partial charge in [-0.3, -0.25) is 0 Å². The molecule has 7 heteroatoms. The zero-order valence-corrected chi connectivity index (χ0v) is 13.3. The monoisotopic (exact) mass is 325 g/mol. The summed E-state index contributed by atoms with van der Waals surface area (Å²) in [6.45, 7) is 3.93. The second-order valence-corrected chi connectivity index (χ2v) is 5.81. The fraction of sp³-hybridized carbons (Fsp3) is 0.429. The van der Waals surface area contributed by atoms with Gasteiger partial charge in [0.15, 0.2) is 11.5 Å². The van der Waals surface area contributed by atoms with Crippen LogP contribution in [0.4, 0.5) is 5.13 Å². The quantitative estimate of drug-likeness (QED) is 0.915. The highest BCUT2D eigenvalue weighted by Crippen LogP contribution is 2.38. The molecule has 0 unspecified atom stereocenters. The van der Waals surface area contributed by atoms with Crippen molar-refractivity contribution >= 4 is 28.3 Å². The van der Waals surface area contributed by atoms with E-state index in [0.717, 1.165) is 41.7 Å². The van der Waals surface area contributed by atoms with E-state index in [1.807, 2.05) is 19.1 Å². The third-order valence-corrected chi connectivity index (χ3v) is 4.12. The van der Waals surface area contributed by atoms with Crippen LogP contribution in [-0.2, 0) is 12.8 Å². The number of ether oxygens (including phenoxy) is 2. The minimum Gasteiger partial charge on any atom is -0.486 e. The van der Waals surface area contributed by atoms with Crippen LogP contribution < -0.4 is 14.8 Å². The van der Waals surface area contributed by atoms with E-state index < -0.39 is 0 Å². The van der Waals surface area contributed by atoms with Crippen LogP contribution in [0.1, 0.15) is 18.3 Å². The third kappa shape index (κ3) is 3.39. The number of aromatic nitrogens is 2. The second-order valence-electron chi connectivity index (χ2n) is 4.65. The summed E-state index contributed by atoms with van der Waals surface area (Å²) in [7, 11) is 0. The molecule has 1 aromatic heterocycles. The molecular weight excluding hydrogens is 310 g/mol. The largest absolute Gasteiger partial charge is 0.486 e. The summed E-state index contributed by atoms with van der Waals surface area (Å²) in [5.41, 5.74) is 1.11. The summed E-state index contributed by atoms with van der Waals surface area (Å²) in [5, 5.41) is 4.74. The number of aryl methyl sites for hydroxylation is 1. The van der Waals surface area contributed by atoms with Crippen molar-refractivity contribution < 1.29 is 9.47 Å². The molecule has 0 spiro atoms. The van der Waals surface area contributed by atoms with Gasteiger partial charge in [-0.25, -0.2) is 4.98 Å². The van der Waals surface area contributed by atoms with Gasteiger partial charge in [0.05, 0.1) is 5.02 Å². The van der Waals surface area contributed by atoms with Crippen molar-refractivity contribution in [2.75, 3.05) is 25.1 Å². The molecule has 0 bridgehead atoms. The van der Waals surface area contributed by atoms with Crippen molar-refractivity contribution in [2.45, 2.75) is 19.8 Å². The highest BCUT2D eigenvalue weighted by Gasteiger charge is 2.16. The van der Waals surface area contributed by atoms with Gasteiger partial charge in [-0.1, -0.05) is 18.5 Å². The zero-order valence-electron chi connectivity index (χ0n) is 11.7.